The fourth-order valence-corrected chi connectivity index (χ4v) is 3.31. The summed E-state index contributed by atoms with van der Waals surface area (Å²) in [6, 6.07) is 5.32. The average Bonchev–Trinajstić information content (AvgIpc) is 2.94. The lowest BCUT2D eigenvalue weighted by Gasteiger charge is -2.10. The van der Waals surface area contributed by atoms with Crippen molar-refractivity contribution in [3.8, 4) is 0 Å². The third-order valence-electron chi connectivity index (χ3n) is 2.50. The topological polar surface area (TPSA) is 101 Å². The fraction of sp³-hybridized carbons (Fsp3) is 0.250. The highest BCUT2D eigenvalue weighted by Crippen LogP contribution is 2.28. The number of thioether (sulfide) groups is 1. The number of sulfonamides is 1. The Morgan fingerprint density at radius 1 is 1.45 bits per heavy atom. The van der Waals surface area contributed by atoms with Crippen LogP contribution in [0.25, 0.3) is 0 Å². The van der Waals surface area contributed by atoms with Gasteiger partial charge in [0, 0.05) is 4.90 Å². The zero-order valence-corrected chi connectivity index (χ0v) is 12.6. The fourth-order valence-electron chi connectivity index (χ4n) is 1.52. The Bertz CT molecular complexity index is 669. The van der Waals surface area contributed by atoms with Gasteiger partial charge in [-0.05, 0) is 30.4 Å². The number of nitrogen functional groups attached to an aromatic ring is 1. The molecule has 8 heteroatoms. The van der Waals surface area contributed by atoms with E-state index in [4.69, 9.17) is 5.73 Å². The summed E-state index contributed by atoms with van der Waals surface area (Å²) in [6.45, 7) is 2.09. The first kappa shape index (κ1) is 14.7. The predicted molar refractivity (Wildman–Crippen MR) is 81.3 cm³/mol. The standard InChI is InChI=1S/C12H16N4O2S2/c1-2-5-19-9-3-4-10(13)11(6-9)16-20(17,18)12-7-14-8-15-12/h3-4,6-8,16H,2,5,13H2,1H3,(H,14,15). The van der Waals surface area contributed by atoms with Gasteiger partial charge < -0.3 is 10.7 Å². The molecular weight excluding hydrogens is 296 g/mol. The highest BCUT2D eigenvalue weighted by Gasteiger charge is 2.17. The molecule has 2 rings (SSSR count). The second-order valence-electron chi connectivity index (χ2n) is 4.12. The number of hydrogen-bond donors (Lipinski definition) is 3. The molecule has 108 valence electrons. The van der Waals surface area contributed by atoms with Crippen molar-refractivity contribution in [1.29, 1.82) is 0 Å². The zero-order valence-electron chi connectivity index (χ0n) is 11.0. The molecular formula is C12H16N4O2S2. The first-order valence-corrected chi connectivity index (χ1v) is 8.53. The summed E-state index contributed by atoms with van der Waals surface area (Å²) in [5, 5.41) is 0.00325. The van der Waals surface area contributed by atoms with Crippen LogP contribution < -0.4 is 10.5 Å². The van der Waals surface area contributed by atoms with Gasteiger partial charge in [-0.25, -0.2) is 4.98 Å². The summed E-state index contributed by atoms with van der Waals surface area (Å²) in [5.41, 5.74) is 6.58. The Balaban J connectivity index is 2.24. The molecule has 0 aliphatic heterocycles. The molecule has 0 aliphatic carbocycles. The minimum absolute atomic E-state index is 0.00325. The van der Waals surface area contributed by atoms with E-state index in [2.05, 4.69) is 21.6 Å². The molecule has 4 N–H and O–H groups in total. The molecule has 0 unspecified atom stereocenters. The van der Waals surface area contributed by atoms with E-state index < -0.39 is 10.0 Å². The van der Waals surface area contributed by atoms with Crippen molar-refractivity contribution in [2.75, 3.05) is 16.2 Å². The number of anilines is 2. The van der Waals surface area contributed by atoms with Crippen molar-refractivity contribution in [3.63, 3.8) is 0 Å². The second kappa shape index (κ2) is 6.19. The molecule has 0 saturated heterocycles. The van der Waals surface area contributed by atoms with Crippen LogP contribution in [0.1, 0.15) is 13.3 Å². The van der Waals surface area contributed by atoms with E-state index in [-0.39, 0.29) is 5.03 Å². The summed E-state index contributed by atoms with van der Waals surface area (Å²) in [4.78, 5) is 7.23. The van der Waals surface area contributed by atoms with Gasteiger partial charge in [-0.2, -0.15) is 8.42 Å². The molecule has 1 aromatic carbocycles. The highest BCUT2D eigenvalue weighted by molar-refractivity contribution is 7.99. The molecule has 1 heterocycles. The van der Waals surface area contributed by atoms with Crippen LogP contribution in [0.3, 0.4) is 0 Å². The van der Waals surface area contributed by atoms with E-state index in [1.165, 1.54) is 12.5 Å². The van der Waals surface area contributed by atoms with Gasteiger partial charge in [0.05, 0.1) is 23.9 Å². The lowest BCUT2D eigenvalue weighted by Crippen LogP contribution is -2.14. The summed E-state index contributed by atoms with van der Waals surface area (Å²) in [5.74, 6) is 0.969. The number of H-pyrrole nitrogens is 1. The number of benzene rings is 1. The van der Waals surface area contributed by atoms with Crippen LogP contribution in [0.5, 0.6) is 0 Å². The largest absolute Gasteiger partial charge is 0.397 e. The van der Waals surface area contributed by atoms with Crippen LogP contribution in [-0.2, 0) is 10.0 Å². The normalized spacial score (nSPS) is 11.4. The first-order chi connectivity index (χ1) is 9.53. The van der Waals surface area contributed by atoms with Gasteiger partial charge in [0.15, 0.2) is 5.03 Å². The molecule has 2 aromatic rings. The number of rotatable bonds is 6. The maximum Gasteiger partial charge on any atom is 0.279 e. The molecule has 0 atom stereocenters. The Kier molecular flexibility index (Phi) is 4.56. The van der Waals surface area contributed by atoms with Gasteiger partial charge in [0.2, 0.25) is 0 Å². The number of nitrogens with one attached hydrogen (secondary N) is 2. The maximum absolute atomic E-state index is 12.1. The monoisotopic (exact) mass is 312 g/mol. The van der Waals surface area contributed by atoms with Crippen LogP contribution in [0.2, 0.25) is 0 Å². The van der Waals surface area contributed by atoms with E-state index in [0.29, 0.717) is 11.4 Å². The Morgan fingerprint density at radius 2 is 2.25 bits per heavy atom. The number of hydrogen-bond acceptors (Lipinski definition) is 5. The lowest BCUT2D eigenvalue weighted by atomic mass is 10.3. The van der Waals surface area contributed by atoms with E-state index >= 15 is 0 Å². The third kappa shape index (κ3) is 3.45. The molecule has 0 spiro atoms. The van der Waals surface area contributed by atoms with Crippen molar-refractivity contribution in [3.05, 3.63) is 30.7 Å². The minimum Gasteiger partial charge on any atom is -0.397 e. The van der Waals surface area contributed by atoms with Gasteiger partial charge in [-0.1, -0.05) is 6.92 Å². The Morgan fingerprint density at radius 3 is 2.90 bits per heavy atom. The smallest absolute Gasteiger partial charge is 0.279 e. The molecule has 0 radical (unpaired) electrons. The van der Waals surface area contributed by atoms with Gasteiger partial charge >= 0.3 is 0 Å². The van der Waals surface area contributed by atoms with Crippen LogP contribution >= 0.6 is 11.8 Å². The van der Waals surface area contributed by atoms with E-state index in [0.717, 1.165) is 17.1 Å². The number of aromatic amines is 1. The Hall–Kier alpha value is -1.67. The molecule has 20 heavy (non-hydrogen) atoms. The van der Waals surface area contributed by atoms with Gasteiger partial charge in [0.1, 0.15) is 0 Å². The van der Waals surface area contributed by atoms with Gasteiger partial charge in [-0.15, -0.1) is 11.8 Å². The summed E-state index contributed by atoms with van der Waals surface area (Å²) < 4.78 is 26.7. The number of nitrogens with zero attached hydrogens (tertiary/aromatic N) is 1. The number of aromatic nitrogens is 2. The van der Waals surface area contributed by atoms with Crippen molar-refractivity contribution >= 4 is 33.2 Å². The number of nitrogens with two attached hydrogens (primary N) is 1. The maximum atomic E-state index is 12.1. The highest BCUT2D eigenvalue weighted by atomic mass is 32.2. The molecule has 6 nitrogen and oxygen atoms in total. The van der Waals surface area contributed by atoms with Gasteiger partial charge in [-0.3, -0.25) is 4.72 Å². The van der Waals surface area contributed by atoms with Crippen LogP contribution in [0.15, 0.2) is 40.6 Å². The predicted octanol–water partition coefficient (Wildman–Crippen LogP) is 2.29. The zero-order chi connectivity index (χ0) is 14.6. The first-order valence-electron chi connectivity index (χ1n) is 6.06. The molecule has 1 aromatic heterocycles. The van der Waals surface area contributed by atoms with Crippen molar-refractivity contribution in [2.24, 2.45) is 0 Å². The molecule has 0 fully saturated rings. The molecule has 0 aliphatic rings. The van der Waals surface area contributed by atoms with E-state index in [9.17, 15) is 8.42 Å². The number of imidazole rings is 1. The second-order valence-corrected chi connectivity index (χ2v) is 6.94. The minimum atomic E-state index is -3.69. The van der Waals surface area contributed by atoms with Crippen LogP contribution in [0.4, 0.5) is 11.4 Å². The van der Waals surface area contributed by atoms with Crippen molar-refractivity contribution in [2.45, 2.75) is 23.3 Å². The van der Waals surface area contributed by atoms with Crippen molar-refractivity contribution < 1.29 is 8.42 Å². The molecule has 0 amide bonds. The average molecular weight is 312 g/mol. The van der Waals surface area contributed by atoms with Crippen LogP contribution in [0, 0.1) is 0 Å². The summed E-state index contributed by atoms with van der Waals surface area (Å²) >= 11 is 1.66. The van der Waals surface area contributed by atoms with E-state index in [1.807, 2.05) is 6.07 Å². The molecule has 0 saturated carbocycles. The van der Waals surface area contributed by atoms with Gasteiger partial charge in [0.25, 0.3) is 10.0 Å². The Labute approximate surface area is 122 Å². The quantitative estimate of drug-likeness (QED) is 0.561. The van der Waals surface area contributed by atoms with Crippen LogP contribution in [-0.4, -0.2) is 24.1 Å². The lowest BCUT2D eigenvalue weighted by molar-refractivity contribution is 0.598. The third-order valence-corrected chi connectivity index (χ3v) is 5.00. The van der Waals surface area contributed by atoms with Crippen molar-refractivity contribution in [1.82, 2.24) is 9.97 Å². The SMILES string of the molecule is CCCSc1ccc(N)c(NS(=O)(=O)c2cnc[nH]2)c1. The summed E-state index contributed by atoms with van der Waals surface area (Å²) in [7, 11) is -3.69. The van der Waals surface area contributed by atoms with E-state index in [1.54, 1.807) is 23.9 Å². The summed E-state index contributed by atoms with van der Waals surface area (Å²) in [6.07, 6.45) is 3.60. The molecule has 0 bridgehead atoms.